The Hall–Kier alpha value is -3.57. The highest BCUT2D eigenvalue weighted by Gasteiger charge is 2.49. The van der Waals surface area contributed by atoms with E-state index in [0.717, 1.165) is 30.7 Å². The number of nitriles is 1. The second-order valence-corrected chi connectivity index (χ2v) is 13.5. The second-order valence-electron chi connectivity index (χ2n) is 12.1. The van der Waals surface area contributed by atoms with Gasteiger partial charge in [0.25, 0.3) is 0 Å². The third-order valence-corrected chi connectivity index (χ3v) is 11.0. The molecular weight excluding hydrogens is 629 g/mol. The summed E-state index contributed by atoms with van der Waals surface area (Å²) < 4.78 is 64.8. The van der Waals surface area contributed by atoms with E-state index in [4.69, 9.17) is 36.5 Å². The lowest BCUT2D eigenvalue weighted by Gasteiger charge is -2.38. The number of morpholine rings is 1. The number of fused-ring (bicyclic) bond motifs is 4. The first-order chi connectivity index (χ1) is 21.8. The third-order valence-electron chi connectivity index (χ3n) is 9.57. The molecule has 4 aromatic rings. The summed E-state index contributed by atoms with van der Waals surface area (Å²) >= 11 is 7.91. The van der Waals surface area contributed by atoms with Gasteiger partial charge in [0, 0.05) is 36.9 Å². The Balaban J connectivity index is 1.35. The highest BCUT2D eigenvalue weighted by atomic mass is 35.5. The minimum Gasteiger partial charge on any atom is -0.491 e. The van der Waals surface area contributed by atoms with E-state index in [9.17, 15) is 14.0 Å². The SMILES string of the molecule is N#Cc1c(N)sc2c(F)ccc(-c3c(Cl)c4c5c(nc(OC[C@@]67CCCN6C[C@H](F)C7)nc5c3F)N3CCOC[C@@H]3CCO4)c12. The maximum absolute atomic E-state index is 17.1. The minimum atomic E-state index is -0.937. The van der Waals surface area contributed by atoms with E-state index in [1.807, 2.05) is 6.07 Å². The number of rotatable bonds is 4. The number of anilines is 2. The molecule has 9 nitrogen and oxygen atoms in total. The van der Waals surface area contributed by atoms with Crippen LogP contribution in [0.1, 0.15) is 31.2 Å². The molecule has 0 radical (unpaired) electrons. The van der Waals surface area contributed by atoms with Gasteiger partial charge < -0.3 is 24.8 Å². The number of ether oxygens (including phenoxy) is 3. The number of hydrogen-bond donors (Lipinski definition) is 1. The van der Waals surface area contributed by atoms with Crippen LogP contribution in [0.5, 0.6) is 11.8 Å². The van der Waals surface area contributed by atoms with E-state index in [1.165, 1.54) is 12.1 Å². The monoisotopic (exact) mass is 656 g/mol. The Kier molecular flexibility index (Phi) is 6.90. The number of aromatic nitrogens is 2. The van der Waals surface area contributed by atoms with Crippen LogP contribution < -0.4 is 20.1 Å². The van der Waals surface area contributed by atoms with Crippen molar-refractivity contribution in [3.05, 3.63) is 34.4 Å². The highest BCUT2D eigenvalue weighted by Crippen LogP contribution is 2.51. The lowest BCUT2D eigenvalue weighted by Crippen LogP contribution is -2.47. The van der Waals surface area contributed by atoms with Gasteiger partial charge in [0.05, 0.1) is 52.1 Å². The molecule has 4 aliphatic rings. The predicted molar refractivity (Wildman–Crippen MR) is 165 cm³/mol. The topological polar surface area (TPSA) is 110 Å². The summed E-state index contributed by atoms with van der Waals surface area (Å²) in [5, 5.41) is 10.4. The highest BCUT2D eigenvalue weighted by molar-refractivity contribution is 7.23. The smallest absolute Gasteiger partial charge is 0.319 e. The molecule has 0 bridgehead atoms. The van der Waals surface area contributed by atoms with Crippen molar-refractivity contribution in [1.82, 2.24) is 14.9 Å². The van der Waals surface area contributed by atoms with Gasteiger partial charge in [0.15, 0.2) is 11.6 Å². The summed E-state index contributed by atoms with van der Waals surface area (Å²) in [5.41, 5.74) is 5.66. The lowest BCUT2D eigenvalue weighted by molar-refractivity contribution is 0.0850. The number of thiophene rings is 1. The quantitative estimate of drug-likeness (QED) is 0.290. The Morgan fingerprint density at radius 3 is 2.93 bits per heavy atom. The van der Waals surface area contributed by atoms with Crippen molar-refractivity contribution in [2.24, 2.45) is 0 Å². The second kappa shape index (κ2) is 10.8. The molecule has 6 heterocycles. The molecule has 3 fully saturated rings. The van der Waals surface area contributed by atoms with Crippen LogP contribution in [0.4, 0.5) is 24.0 Å². The molecule has 45 heavy (non-hydrogen) atoms. The fraction of sp³-hybridized carbons (Fsp3) is 0.452. The Morgan fingerprint density at radius 1 is 1.22 bits per heavy atom. The normalized spacial score (nSPS) is 24.6. The zero-order valence-electron chi connectivity index (χ0n) is 24.0. The molecule has 234 valence electrons. The van der Waals surface area contributed by atoms with Crippen molar-refractivity contribution in [2.75, 3.05) is 56.7 Å². The summed E-state index contributed by atoms with van der Waals surface area (Å²) in [4.78, 5) is 13.5. The Labute approximate surface area is 265 Å². The van der Waals surface area contributed by atoms with Gasteiger partial charge in [-0.2, -0.15) is 15.2 Å². The van der Waals surface area contributed by atoms with E-state index in [0.29, 0.717) is 45.0 Å². The van der Waals surface area contributed by atoms with Gasteiger partial charge in [-0.05, 0) is 31.0 Å². The Bertz CT molecular complexity index is 1920. The first kappa shape index (κ1) is 28.9. The van der Waals surface area contributed by atoms with Gasteiger partial charge in [-0.3, -0.25) is 4.90 Å². The average Bonchev–Trinajstić information content (AvgIpc) is 3.67. The number of benzene rings is 2. The first-order valence-electron chi connectivity index (χ1n) is 14.9. The van der Waals surface area contributed by atoms with Gasteiger partial charge in [-0.1, -0.05) is 17.7 Å². The fourth-order valence-electron chi connectivity index (χ4n) is 7.51. The number of halogens is 4. The van der Waals surface area contributed by atoms with Crippen molar-refractivity contribution in [3.8, 4) is 29.0 Å². The number of alkyl halides is 1. The lowest BCUT2D eigenvalue weighted by atomic mass is 9.95. The van der Waals surface area contributed by atoms with Crippen LogP contribution in [0.25, 0.3) is 32.1 Å². The van der Waals surface area contributed by atoms with E-state index in [1.54, 1.807) is 0 Å². The molecule has 3 atom stereocenters. The molecule has 0 spiro atoms. The summed E-state index contributed by atoms with van der Waals surface area (Å²) in [7, 11) is 0. The van der Waals surface area contributed by atoms with Crippen LogP contribution in [0.3, 0.4) is 0 Å². The molecule has 0 amide bonds. The van der Waals surface area contributed by atoms with Crippen LogP contribution in [-0.4, -0.2) is 78.7 Å². The molecular formula is C31H28ClF3N6O3S. The van der Waals surface area contributed by atoms with E-state index in [-0.39, 0.29) is 78.7 Å². The molecule has 2 aromatic heterocycles. The van der Waals surface area contributed by atoms with Crippen LogP contribution in [0.15, 0.2) is 12.1 Å². The number of nitrogen functional groups attached to an aromatic ring is 1. The maximum Gasteiger partial charge on any atom is 0.319 e. The number of nitrogens with two attached hydrogens (primary N) is 1. The molecule has 8 rings (SSSR count). The zero-order chi connectivity index (χ0) is 31.0. The van der Waals surface area contributed by atoms with E-state index in [2.05, 4.69) is 14.8 Å². The summed E-state index contributed by atoms with van der Waals surface area (Å²) in [6.45, 7) is 2.97. The van der Waals surface area contributed by atoms with Gasteiger partial charge in [-0.25, -0.2) is 13.2 Å². The summed E-state index contributed by atoms with van der Waals surface area (Å²) in [6, 6.07) is 4.47. The van der Waals surface area contributed by atoms with E-state index >= 15 is 4.39 Å². The van der Waals surface area contributed by atoms with Crippen LogP contribution in [0, 0.1) is 23.0 Å². The fourth-order valence-corrected chi connectivity index (χ4v) is 8.79. The van der Waals surface area contributed by atoms with Crippen LogP contribution in [0.2, 0.25) is 5.02 Å². The van der Waals surface area contributed by atoms with Crippen molar-refractivity contribution in [3.63, 3.8) is 0 Å². The van der Waals surface area contributed by atoms with Crippen LogP contribution >= 0.6 is 22.9 Å². The van der Waals surface area contributed by atoms with E-state index < -0.39 is 23.3 Å². The van der Waals surface area contributed by atoms with Crippen molar-refractivity contribution >= 4 is 54.7 Å². The van der Waals surface area contributed by atoms with Gasteiger partial charge in [0.1, 0.15) is 41.0 Å². The predicted octanol–water partition coefficient (Wildman–Crippen LogP) is 5.84. The third kappa shape index (κ3) is 4.40. The molecule has 14 heteroatoms. The average molecular weight is 657 g/mol. The minimum absolute atomic E-state index is 0.0373. The van der Waals surface area contributed by atoms with Gasteiger partial charge in [0.2, 0.25) is 0 Å². The summed E-state index contributed by atoms with van der Waals surface area (Å²) in [5.74, 6) is -0.794. The van der Waals surface area contributed by atoms with Crippen LogP contribution in [-0.2, 0) is 4.74 Å². The van der Waals surface area contributed by atoms with Crippen molar-refractivity contribution < 1.29 is 27.4 Å². The molecule has 3 saturated heterocycles. The van der Waals surface area contributed by atoms with Crippen molar-refractivity contribution in [2.45, 2.75) is 43.4 Å². The molecule has 2 aromatic carbocycles. The summed E-state index contributed by atoms with van der Waals surface area (Å²) in [6.07, 6.45) is 1.73. The number of hydrogen-bond acceptors (Lipinski definition) is 10. The molecule has 2 N–H and O–H groups in total. The van der Waals surface area contributed by atoms with Crippen molar-refractivity contribution in [1.29, 1.82) is 5.26 Å². The van der Waals surface area contributed by atoms with Gasteiger partial charge in [-0.15, -0.1) is 11.3 Å². The number of nitrogens with zero attached hydrogens (tertiary/aromatic N) is 5. The zero-order valence-corrected chi connectivity index (χ0v) is 25.6. The molecule has 0 saturated carbocycles. The molecule has 4 aliphatic heterocycles. The standard InChI is InChI=1S/C31H28ClF3N6O3S/c32-23-21(17-2-3-19(34)27-20(17)18(11-36)28(37)45-27)24(35)25-22-26(23)43-8-4-16-13-42-9-7-41(16)29(22)39-30(38-25)44-14-31-5-1-6-40(31)12-15(33)10-31/h2-3,15-16H,1,4-10,12-14,37H2/t15-,16+,31+/m1/s1. The van der Waals surface area contributed by atoms with Gasteiger partial charge >= 0.3 is 6.01 Å². The largest absolute Gasteiger partial charge is 0.491 e. The maximum atomic E-state index is 17.1. The molecule has 0 aliphatic carbocycles. The first-order valence-corrected chi connectivity index (χ1v) is 16.1. The molecule has 0 unspecified atom stereocenters. The Morgan fingerprint density at radius 2 is 2.09 bits per heavy atom.